The van der Waals surface area contributed by atoms with Gasteiger partial charge >= 0.3 is 0 Å². The number of rotatable bonds is 10. The average Bonchev–Trinajstić information content (AvgIpc) is 2.49. The van der Waals surface area contributed by atoms with Crippen molar-refractivity contribution in [3.05, 3.63) is 33.3 Å². The van der Waals surface area contributed by atoms with E-state index in [0.29, 0.717) is 6.04 Å². The Morgan fingerprint density at radius 2 is 1.95 bits per heavy atom. The second-order valence-electron chi connectivity index (χ2n) is 5.83. The molecule has 1 aromatic carbocycles. The van der Waals surface area contributed by atoms with E-state index in [0.717, 1.165) is 28.4 Å². The van der Waals surface area contributed by atoms with Crippen LogP contribution in [0.5, 0.6) is 0 Å². The largest absolute Gasteiger partial charge is 0.310 e. The molecule has 2 atom stereocenters. The molecule has 1 rings (SSSR count). The zero-order valence-corrected chi connectivity index (χ0v) is 15.9. The van der Waals surface area contributed by atoms with Crippen LogP contribution in [0.4, 0.5) is 0 Å². The summed E-state index contributed by atoms with van der Waals surface area (Å²) >= 11 is 9.75. The Morgan fingerprint density at radius 1 is 1.19 bits per heavy atom. The minimum absolute atomic E-state index is 0.414. The lowest BCUT2D eigenvalue weighted by Crippen LogP contribution is -2.24. The standard InChI is InChI=1S/C18H29BrClN/c1-4-7-8-14(6-3)12-18(21-11-5-2)15-9-10-16(19)17(20)13-15/h9-10,13-14,18,21H,4-8,11-12H2,1-3H3. The summed E-state index contributed by atoms with van der Waals surface area (Å²) < 4.78 is 0.972. The van der Waals surface area contributed by atoms with Crippen molar-refractivity contribution in [3.8, 4) is 0 Å². The van der Waals surface area contributed by atoms with Crippen LogP contribution >= 0.6 is 27.5 Å². The van der Waals surface area contributed by atoms with E-state index in [9.17, 15) is 0 Å². The molecule has 0 amide bonds. The average molecular weight is 375 g/mol. The van der Waals surface area contributed by atoms with E-state index in [1.165, 1.54) is 37.7 Å². The molecule has 0 aliphatic carbocycles. The van der Waals surface area contributed by atoms with Gasteiger partial charge in [-0.15, -0.1) is 0 Å². The Kier molecular flexibility index (Phi) is 9.62. The highest BCUT2D eigenvalue weighted by Crippen LogP contribution is 2.31. The van der Waals surface area contributed by atoms with Gasteiger partial charge in [-0.25, -0.2) is 0 Å². The highest BCUT2D eigenvalue weighted by Gasteiger charge is 2.17. The summed E-state index contributed by atoms with van der Waals surface area (Å²) in [5.41, 5.74) is 1.31. The number of unbranched alkanes of at least 4 members (excludes halogenated alkanes) is 1. The summed E-state index contributed by atoms with van der Waals surface area (Å²) in [4.78, 5) is 0. The Morgan fingerprint density at radius 3 is 2.52 bits per heavy atom. The molecule has 1 nitrogen and oxygen atoms in total. The fourth-order valence-corrected chi connectivity index (χ4v) is 3.14. The summed E-state index contributed by atoms with van der Waals surface area (Å²) in [7, 11) is 0. The first kappa shape index (κ1) is 19.0. The fourth-order valence-electron chi connectivity index (χ4n) is 2.70. The highest BCUT2D eigenvalue weighted by atomic mass is 79.9. The number of halogens is 2. The molecule has 0 heterocycles. The van der Waals surface area contributed by atoms with Crippen LogP contribution in [0, 0.1) is 5.92 Å². The van der Waals surface area contributed by atoms with Gasteiger partial charge in [0.05, 0.1) is 5.02 Å². The van der Waals surface area contributed by atoms with Crippen LogP contribution in [0.3, 0.4) is 0 Å². The smallest absolute Gasteiger partial charge is 0.0551 e. The van der Waals surface area contributed by atoms with Crippen LogP contribution in [0.1, 0.15) is 70.9 Å². The van der Waals surface area contributed by atoms with Gasteiger partial charge in [0.2, 0.25) is 0 Å². The number of hydrogen-bond acceptors (Lipinski definition) is 1. The molecule has 1 aromatic rings. The summed E-state index contributed by atoms with van der Waals surface area (Å²) in [5, 5.41) is 4.50. The molecule has 0 aromatic heterocycles. The molecule has 21 heavy (non-hydrogen) atoms. The number of hydrogen-bond donors (Lipinski definition) is 1. The summed E-state index contributed by atoms with van der Waals surface area (Å²) in [6, 6.07) is 6.77. The zero-order chi connectivity index (χ0) is 15.7. The van der Waals surface area contributed by atoms with Crippen molar-refractivity contribution < 1.29 is 0 Å². The molecule has 120 valence electrons. The molecule has 0 saturated heterocycles. The second-order valence-corrected chi connectivity index (χ2v) is 7.09. The number of nitrogens with one attached hydrogen (secondary N) is 1. The van der Waals surface area contributed by atoms with Crippen molar-refractivity contribution in [2.75, 3.05) is 6.54 Å². The van der Waals surface area contributed by atoms with E-state index in [4.69, 9.17) is 11.6 Å². The van der Waals surface area contributed by atoms with Crippen LogP contribution in [0.2, 0.25) is 5.02 Å². The summed E-state index contributed by atoms with van der Waals surface area (Å²) in [6.45, 7) is 7.86. The van der Waals surface area contributed by atoms with Crippen LogP contribution < -0.4 is 5.32 Å². The normalized spacial score (nSPS) is 14.1. The molecule has 0 fully saturated rings. The van der Waals surface area contributed by atoms with E-state index in [-0.39, 0.29) is 0 Å². The zero-order valence-electron chi connectivity index (χ0n) is 13.6. The topological polar surface area (TPSA) is 12.0 Å². The molecule has 2 unspecified atom stereocenters. The third-order valence-electron chi connectivity index (χ3n) is 4.10. The van der Waals surface area contributed by atoms with E-state index in [1.807, 2.05) is 0 Å². The lowest BCUT2D eigenvalue weighted by atomic mass is 9.89. The minimum atomic E-state index is 0.414. The Bertz CT molecular complexity index is 408. The molecule has 1 N–H and O–H groups in total. The maximum atomic E-state index is 6.27. The Labute approximate surface area is 144 Å². The van der Waals surface area contributed by atoms with Crippen LogP contribution in [-0.2, 0) is 0 Å². The lowest BCUT2D eigenvalue weighted by molar-refractivity contribution is 0.353. The monoisotopic (exact) mass is 373 g/mol. The van der Waals surface area contributed by atoms with Gasteiger partial charge in [-0.3, -0.25) is 0 Å². The van der Waals surface area contributed by atoms with Crippen LogP contribution in [0.15, 0.2) is 22.7 Å². The maximum Gasteiger partial charge on any atom is 0.0551 e. The molecule has 0 saturated carbocycles. The predicted octanol–water partition coefficient (Wildman–Crippen LogP) is 6.75. The van der Waals surface area contributed by atoms with Crippen molar-refractivity contribution in [2.45, 2.75) is 65.3 Å². The third-order valence-corrected chi connectivity index (χ3v) is 5.33. The van der Waals surface area contributed by atoms with Gasteiger partial charge in [0.1, 0.15) is 0 Å². The van der Waals surface area contributed by atoms with Crippen molar-refractivity contribution in [2.24, 2.45) is 5.92 Å². The van der Waals surface area contributed by atoms with Gasteiger partial charge < -0.3 is 5.32 Å². The van der Waals surface area contributed by atoms with E-state index in [2.05, 4.69) is 60.2 Å². The van der Waals surface area contributed by atoms with E-state index >= 15 is 0 Å². The summed E-state index contributed by atoms with van der Waals surface area (Å²) in [6.07, 6.45) is 7.57. The Hall–Kier alpha value is -0.0500. The molecule has 0 aliphatic rings. The van der Waals surface area contributed by atoms with Gasteiger partial charge in [0.15, 0.2) is 0 Å². The first-order chi connectivity index (χ1) is 10.1. The molecular formula is C18H29BrClN. The quantitative estimate of drug-likeness (QED) is 0.477. The molecule has 0 radical (unpaired) electrons. The van der Waals surface area contributed by atoms with Gasteiger partial charge in [-0.1, -0.05) is 64.1 Å². The third kappa shape index (κ3) is 6.71. The highest BCUT2D eigenvalue weighted by molar-refractivity contribution is 9.10. The van der Waals surface area contributed by atoms with Crippen molar-refractivity contribution in [3.63, 3.8) is 0 Å². The van der Waals surface area contributed by atoms with E-state index < -0.39 is 0 Å². The maximum absolute atomic E-state index is 6.27. The van der Waals surface area contributed by atoms with Crippen LogP contribution in [0.25, 0.3) is 0 Å². The van der Waals surface area contributed by atoms with Crippen molar-refractivity contribution in [1.29, 1.82) is 0 Å². The summed E-state index contributed by atoms with van der Waals surface area (Å²) in [5.74, 6) is 0.793. The predicted molar refractivity (Wildman–Crippen MR) is 98.1 cm³/mol. The molecule has 0 bridgehead atoms. The first-order valence-electron chi connectivity index (χ1n) is 8.30. The molecular weight excluding hydrogens is 346 g/mol. The van der Waals surface area contributed by atoms with Crippen molar-refractivity contribution in [1.82, 2.24) is 5.32 Å². The van der Waals surface area contributed by atoms with Crippen molar-refractivity contribution >= 4 is 27.5 Å². The van der Waals surface area contributed by atoms with Gasteiger partial charge in [-0.2, -0.15) is 0 Å². The van der Waals surface area contributed by atoms with Gasteiger partial charge in [0.25, 0.3) is 0 Å². The SMILES string of the molecule is CCCCC(CC)CC(NCCC)c1ccc(Br)c(Cl)c1. The molecule has 3 heteroatoms. The van der Waals surface area contributed by atoms with Gasteiger partial charge in [0, 0.05) is 10.5 Å². The fraction of sp³-hybridized carbons (Fsp3) is 0.667. The Balaban J connectivity index is 2.80. The first-order valence-corrected chi connectivity index (χ1v) is 9.47. The lowest BCUT2D eigenvalue weighted by Gasteiger charge is -2.24. The van der Waals surface area contributed by atoms with E-state index in [1.54, 1.807) is 0 Å². The number of benzene rings is 1. The van der Waals surface area contributed by atoms with Gasteiger partial charge in [-0.05, 0) is 58.9 Å². The van der Waals surface area contributed by atoms with Crippen LogP contribution in [-0.4, -0.2) is 6.54 Å². The molecule has 0 spiro atoms. The second kappa shape index (κ2) is 10.6. The minimum Gasteiger partial charge on any atom is -0.310 e. The molecule has 0 aliphatic heterocycles.